The van der Waals surface area contributed by atoms with Gasteiger partial charge in [0.15, 0.2) is 6.61 Å². The number of amides is 1. The molecule has 1 aliphatic carbocycles. The molecule has 2 aliphatic rings. The van der Waals surface area contributed by atoms with E-state index >= 15 is 0 Å². The lowest BCUT2D eigenvalue weighted by atomic mass is 10.1. The minimum absolute atomic E-state index is 0.00257. The predicted octanol–water partition coefficient (Wildman–Crippen LogP) is 2.34. The van der Waals surface area contributed by atoms with Crippen LogP contribution in [0.3, 0.4) is 0 Å². The normalized spacial score (nSPS) is 16.6. The number of aliphatic carboxylic acids is 1. The summed E-state index contributed by atoms with van der Waals surface area (Å²) in [6.07, 6.45) is 1.85. The van der Waals surface area contributed by atoms with Gasteiger partial charge in [0.25, 0.3) is 5.91 Å². The third kappa shape index (κ3) is 6.27. The molecule has 0 aromatic heterocycles. The van der Waals surface area contributed by atoms with Gasteiger partial charge in [0.2, 0.25) is 10.0 Å². The van der Waals surface area contributed by atoms with Gasteiger partial charge in [0.05, 0.1) is 16.6 Å². The Kier molecular flexibility index (Phi) is 7.70. The van der Waals surface area contributed by atoms with Crippen LogP contribution < -0.4 is 19.7 Å². The fourth-order valence-corrected chi connectivity index (χ4v) is 5.37. The number of rotatable bonds is 10. The second-order valence-corrected chi connectivity index (χ2v) is 11.1. The van der Waals surface area contributed by atoms with Crippen LogP contribution in [-0.2, 0) is 14.8 Å². The second-order valence-electron chi connectivity index (χ2n) is 9.14. The molecule has 2 aromatic carbocycles. The monoisotopic (exact) mass is 517 g/mol. The summed E-state index contributed by atoms with van der Waals surface area (Å²) < 4.78 is 38.7. The Balaban J connectivity index is 1.44. The highest BCUT2D eigenvalue weighted by Gasteiger charge is 2.30. The zero-order chi connectivity index (χ0) is 25.9. The van der Waals surface area contributed by atoms with E-state index in [1.807, 2.05) is 18.7 Å². The maximum Gasteiger partial charge on any atom is 0.341 e. The van der Waals surface area contributed by atoms with Gasteiger partial charge in [0.1, 0.15) is 11.5 Å². The SMILES string of the molecule is CC(C)Oc1ccc(S(=O)(=O)N2CCN(c3ccc(C(=O)NC4CC4)c(OCC(=O)O)c3)CC2)cc1. The van der Waals surface area contributed by atoms with Gasteiger partial charge in [-0.25, -0.2) is 13.2 Å². The van der Waals surface area contributed by atoms with Gasteiger partial charge in [-0.1, -0.05) is 0 Å². The number of nitrogens with one attached hydrogen (secondary N) is 1. The molecule has 0 unspecified atom stereocenters. The molecule has 1 saturated carbocycles. The van der Waals surface area contributed by atoms with Crippen LogP contribution in [0.2, 0.25) is 0 Å². The molecule has 0 bridgehead atoms. The zero-order valence-corrected chi connectivity index (χ0v) is 21.2. The standard InChI is InChI=1S/C25H31N3O7S/c1-17(2)35-20-6-8-21(9-7-20)36(32,33)28-13-11-27(12-14-28)19-5-10-22(25(31)26-18-3-4-18)23(15-19)34-16-24(29)30/h5-10,15,17-18H,3-4,11-14,16H2,1-2H3,(H,26,31)(H,29,30). The van der Waals surface area contributed by atoms with E-state index in [1.54, 1.807) is 42.5 Å². The van der Waals surface area contributed by atoms with Crippen molar-refractivity contribution in [3.05, 3.63) is 48.0 Å². The first-order chi connectivity index (χ1) is 17.1. The number of carbonyl (C=O) groups excluding carboxylic acids is 1. The molecular formula is C25H31N3O7S. The van der Waals surface area contributed by atoms with Crippen LogP contribution in [0.1, 0.15) is 37.0 Å². The van der Waals surface area contributed by atoms with Crippen molar-refractivity contribution >= 4 is 27.6 Å². The fourth-order valence-electron chi connectivity index (χ4n) is 3.94. The average Bonchev–Trinajstić information content (AvgIpc) is 3.66. The fraction of sp³-hybridized carbons (Fsp3) is 0.440. The predicted molar refractivity (Wildman–Crippen MR) is 133 cm³/mol. The third-order valence-electron chi connectivity index (χ3n) is 5.91. The van der Waals surface area contributed by atoms with Crippen LogP contribution in [0.4, 0.5) is 5.69 Å². The number of carbonyl (C=O) groups is 2. The van der Waals surface area contributed by atoms with Crippen molar-refractivity contribution in [1.29, 1.82) is 0 Å². The summed E-state index contributed by atoms with van der Waals surface area (Å²) in [5, 5.41) is 11.9. The lowest BCUT2D eigenvalue weighted by Gasteiger charge is -2.35. The lowest BCUT2D eigenvalue weighted by Crippen LogP contribution is -2.48. The number of sulfonamides is 1. The molecular weight excluding hydrogens is 486 g/mol. The van der Waals surface area contributed by atoms with E-state index in [-0.39, 0.29) is 47.4 Å². The molecule has 0 spiro atoms. The van der Waals surface area contributed by atoms with Crippen LogP contribution in [0.25, 0.3) is 0 Å². The van der Waals surface area contributed by atoms with Crippen molar-refractivity contribution in [3.8, 4) is 11.5 Å². The highest BCUT2D eigenvalue weighted by atomic mass is 32.2. The molecule has 1 saturated heterocycles. The van der Waals surface area contributed by atoms with Crippen molar-refractivity contribution in [1.82, 2.24) is 9.62 Å². The molecule has 0 radical (unpaired) electrons. The topological polar surface area (TPSA) is 125 Å². The van der Waals surface area contributed by atoms with Gasteiger partial charge >= 0.3 is 5.97 Å². The van der Waals surface area contributed by atoms with E-state index in [4.69, 9.17) is 14.6 Å². The van der Waals surface area contributed by atoms with Crippen molar-refractivity contribution < 1.29 is 32.6 Å². The number of ether oxygens (including phenoxy) is 2. The van der Waals surface area contributed by atoms with Crippen LogP contribution in [-0.4, -0.2) is 74.6 Å². The van der Waals surface area contributed by atoms with Crippen LogP contribution in [0.15, 0.2) is 47.4 Å². The van der Waals surface area contributed by atoms with Gasteiger partial charge in [-0.05, 0) is 63.1 Å². The summed E-state index contributed by atoms with van der Waals surface area (Å²) in [5.41, 5.74) is 1.00. The highest BCUT2D eigenvalue weighted by molar-refractivity contribution is 7.89. The first-order valence-electron chi connectivity index (χ1n) is 11.9. The van der Waals surface area contributed by atoms with Gasteiger partial charge in [-0.15, -0.1) is 0 Å². The van der Waals surface area contributed by atoms with E-state index < -0.39 is 22.6 Å². The van der Waals surface area contributed by atoms with Crippen molar-refractivity contribution in [3.63, 3.8) is 0 Å². The maximum absolute atomic E-state index is 13.1. The number of carboxylic acid groups (broad SMARTS) is 1. The number of hydrogen-bond acceptors (Lipinski definition) is 7. The summed E-state index contributed by atoms with van der Waals surface area (Å²) in [7, 11) is -3.65. The molecule has 1 amide bonds. The minimum atomic E-state index is -3.65. The molecule has 1 heterocycles. The highest BCUT2D eigenvalue weighted by Crippen LogP contribution is 2.29. The van der Waals surface area contributed by atoms with E-state index in [9.17, 15) is 18.0 Å². The van der Waals surface area contributed by atoms with Gasteiger partial charge in [-0.2, -0.15) is 4.31 Å². The van der Waals surface area contributed by atoms with E-state index in [2.05, 4.69) is 5.32 Å². The summed E-state index contributed by atoms with van der Waals surface area (Å²) >= 11 is 0. The van der Waals surface area contributed by atoms with E-state index in [0.29, 0.717) is 18.8 Å². The summed E-state index contributed by atoms with van der Waals surface area (Å²) in [4.78, 5) is 25.8. The Morgan fingerprint density at radius 3 is 2.31 bits per heavy atom. The van der Waals surface area contributed by atoms with Crippen molar-refractivity contribution in [2.75, 3.05) is 37.7 Å². The Hall–Kier alpha value is -3.31. The van der Waals surface area contributed by atoms with Crippen molar-refractivity contribution in [2.45, 2.75) is 43.7 Å². The zero-order valence-electron chi connectivity index (χ0n) is 20.3. The average molecular weight is 518 g/mol. The summed E-state index contributed by atoms with van der Waals surface area (Å²) in [6, 6.07) is 11.6. The smallest absolute Gasteiger partial charge is 0.341 e. The Morgan fingerprint density at radius 1 is 1.06 bits per heavy atom. The van der Waals surface area contributed by atoms with Crippen LogP contribution >= 0.6 is 0 Å². The Bertz CT molecular complexity index is 1200. The first-order valence-corrected chi connectivity index (χ1v) is 13.4. The number of carboxylic acids is 1. The molecule has 194 valence electrons. The summed E-state index contributed by atoms with van der Waals surface area (Å²) in [5.74, 6) is -0.641. The lowest BCUT2D eigenvalue weighted by molar-refractivity contribution is -0.139. The number of benzene rings is 2. The second kappa shape index (κ2) is 10.8. The molecule has 36 heavy (non-hydrogen) atoms. The summed E-state index contributed by atoms with van der Waals surface area (Å²) in [6.45, 7) is 4.66. The number of piperazine rings is 1. The Morgan fingerprint density at radius 2 is 1.72 bits per heavy atom. The minimum Gasteiger partial charge on any atom is -0.491 e. The molecule has 2 fully saturated rings. The van der Waals surface area contributed by atoms with Gasteiger partial charge in [-0.3, -0.25) is 4.79 Å². The van der Waals surface area contributed by atoms with Gasteiger partial charge < -0.3 is 24.8 Å². The molecule has 0 atom stereocenters. The van der Waals surface area contributed by atoms with Crippen molar-refractivity contribution in [2.24, 2.45) is 0 Å². The van der Waals surface area contributed by atoms with Crippen LogP contribution in [0.5, 0.6) is 11.5 Å². The first kappa shape index (κ1) is 25.8. The Labute approximate surface area is 210 Å². The van der Waals surface area contributed by atoms with Gasteiger partial charge in [0, 0.05) is 44.0 Å². The number of anilines is 1. The number of nitrogens with zero attached hydrogens (tertiary/aromatic N) is 2. The molecule has 11 heteroatoms. The molecule has 2 N–H and O–H groups in total. The quantitative estimate of drug-likeness (QED) is 0.492. The molecule has 4 rings (SSSR count). The maximum atomic E-state index is 13.1. The molecule has 2 aromatic rings. The van der Waals surface area contributed by atoms with E-state index in [1.165, 1.54) is 4.31 Å². The van der Waals surface area contributed by atoms with E-state index in [0.717, 1.165) is 18.5 Å². The van der Waals surface area contributed by atoms with Crippen LogP contribution in [0, 0.1) is 0 Å². The largest absolute Gasteiger partial charge is 0.491 e. The third-order valence-corrected chi connectivity index (χ3v) is 7.82. The molecule has 10 nitrogen and oxygen atoms in total. The molecule has 1 aliphatic heterocycles. The number of hydrogen-bond donors (Lipinski definition) is 2.